The van der Waals surface area contributed by atoms with Gasteiger partial charge in [0.15, 0.2) is 0 Å². The van der Waals surface area contributed by atoms with Crippen LogP contribution in [0.2, 0.25) is 0 Å². The van der Waals surface area contributed by atoms with Gasteiger partial charge in [-0.05, 0) is 56.3 Å². The van der Waals surface area contributed by atoms with Crippen molar-refractivity contribution in [2.45, 2.75) is 26.2 Å². The van der Waals surface area contributed by atoms with Gasteiger partial charge in [0.25, 0.3) is 0 Å². The van der Waals surface area contributed by atoms with Crippen molar-refractivity contribution in [3.05, 3.63) is 53.2 Å². The van der Waals surface area contributed by atoms with Crippen LogP contribution in [0.3, 0.4) is 0 Å². The molecule has 3 rings (SSSR count). The number of aliphatic hydroxyl groups excluding tert-OH is 1. The van der Waals surface area contributed by atoms with Crippen LogP contribution in [0.4, 0.5) is 0 Å². The van der Waals surface area contributed by atoms with Crippen molar-refractivity contribution in [2.75, 3.05) is 33.3 Å². The summed E-state index contributed by atoms with van der Waals surface area (Å²) in [5.41, 5.74) is 5.04. The standard InChI is InChI=1S/C21H29N3O/c1-3-19-20(15-23-21(19)22-2)18-6-4-16(5-7-18)14-17-8-10-24(11-9-17)12-13-25/h3-7,15,17,25H,8-14H2,1-2H3,(H,22,23)/b19-3-. The second kappa shape index (κ2) is 8.45. The molecule has 0 atom stereocenters. The molecule has 0 saturated carbocycles. The minimum Gasteiger partial charge on any atom is -0.395 e. The number of allylic oxidation sites excluding steroid dienone is 1. The Balaban J connectivity index is 1.60. The third-order valence-electron chi connectivity index (χ3n) is 5.32. The van der Waals surface area contributed by atoms with E-state index in [2.05, 4.69) is 52.5 Å². The van der Waals surface area contributed by atoms with Crippen LogP contribution in [-0.2, 0) is 6.42 Å². The largest absolute Gasteiger partial charge is 0.395 e. The van der Waals surface area contributed by atoms with Gasteiger partial charge < -0.3 is 15.3 Å². The fourth-order valence-electron chi connectivity index (χ4n) is 3.85. The number of piperidine rings is 1. The molecular weight excluding hydrogens is 310 g/mol. The zero-order chi connectivity index (χ0) is 17.6. The summed E-state index contributed by atoms with van der Waals surface area (Å²) in [6.45, 7) is 5.38. The van der Waals surface area contributed by atoms with Crippen LogP contribution in [0.25, 0.3) is 5.57 Å². The van der Waals surface area contributed by atoms with E-state index >= 15 is 0 Å². The number of rotatable bonds is 5. The highest BCUT2D eigenvalue weighted by molar-refractivity contribution is 6.16. The molecule has 2 heterocycles. The highest BCUT2D eigenvalue weighted by Gasteiger charge is 2.20. The van der Waals surface area contributed by atoms with E-state index in [1.54, 1.807) is 0 Å². The number of likely N-dealkylation sites (tertiary alicyclic amines) is 1. The molecule has 2 aliphatic rings. The molecule has 1 fully saturated rings. The van der Waals surface area contributed by atoms with Crippen molar-refractivity contribution in [2.24, 2.45) is 10.9 Å². The Kier molecular flexibility index (Phi) is 6.05. The molecular formula is C21H29N3O. The van der Waals surface area contributed by atoms with Crippen molar-refractivity contribution >= 4 is 11.4 Å². The molecule has 25 heavy (non-hydrogen) atoms. The molecule has 0 bridgehead atoms. The van der Waals surface area contributed by atoms with Crippen LogP contribution < -0.4 is 5.32 Å². The fraction of sp³-hybridized carbons (Fsp3) is 0.476. The van der Waals surface area contributed by atoms with Crippen LogP contribution in [0, 0.1) is 5.92 Å². The Morgan fingerprint density at radius 3 is 2.56 bits per heavy atom. The summed E-state index contributed by atoms with van der Waals surface area (Å²) in [5, 5.41) is 12.3. The molecule has 2 N–H and O–H groups in total. The number of nitrogens with zero attached hydrogens (tertiary/aromatic N) is 2. The molecule has 1 aromatic rings. The second-order valence-corrected chi connectivity index (χ2v) is 6.89. The Bertz CT molecular complexity index is 665. The van der Waals surface area contributed by atoms with Gasteiger partial charge in [-0.3, -0.25) is 4.99 Å². The molecule has 0 amide bonds. The molecule has 4 heteroatoms. The first kappa shape index (κ1) is 17.9. The molecule has 0 unspecified atom stereocenters. The maximum absolute atomic E-state index is 9.04. The summed E-state index contributed by atoms with van der Waals surface area (Å²) in [6, 6.07) is 8.99. The van der Waals surface area contributed by atoms with E-state index < -0.39 is 0 Å². The van der Waals surface area contributed by atoms with Crippen LogP contribution in [0.15, 0.2) is 47.1 Å². The molecule has 0 spiro atoms. The van der Waals surface area contributed by atoms with Gasteiger partial charge in [0.05, 0.1) is 6.61 Å². The predicted molar refractivity (Wildman–Crippen MR) is 105 cm³/mol. The van der Waals surface area contributed by atoms with Crippen molar-refractivity contribution in [1.82, 2.24) is 10.2 Å². The predicted octanol–water partition coefficient (Wildman–Crippen LogP) is 2.85. The second-order valence-electron chi connectivity index (χ2n) is 6.89. The van der Waals surface area contributed by atoms with Crippen LogP contribution >= 0.6 is 0 Å². The molecule has 134 valence electrons. The van der Waals surface area contributed by atoms with Crippen LogP contribution in [-0.4, -0.2) is 49.1 Å². The van der Waals surface area contributed by atoms with Gasteiger partial charge in [-0.15, -0.1) is 0 Å². The zero-order valence-electron chi connectivity index (χ0n) is 15.3. The van der Waals surface area contributed by atoms with Crippen LogP contribution in [0.1, 0.15) is 30.9 Å². The topological polar surface area (TPSA) is 47.9 Å². The third-order valence-corrected chi connectivity index (χ3v) is 5.32. The number of nitrogens with one attached hydrogen (secondary N) is 1. The normalized spacial score (nSPS) is 22.4. The molecule has 0 aromatic heterocycles. The van der Waals surface area contributed by atoms with E-state index in [9.17, 15) is 0 Å². The lowest BCUT2D eigenvalue weighted by atomic mass is 9.89. The maximum Gasteiger partial charge on any atom is 0.132 e. The van der Waals surface area contributed by atoms with Gasteiger partial charge in [-0.1, -0.05) is 30.3 Å². The highest BCUT2D eigenvalue weighted by atomic mass is 16.3. The van der Waals surface area contributed by atoms with E-state index in [0.29, 0.717) is 0 Å². The van der Waals surface area contributed by atoms with E-state index in [4.69, 9.17) is 5.11 Å². The minimum absolute atomic E-state index is 0.273. The highest BCUT2D eigenvalue weighted by Crippen LogP contribution is 2.28. The zero-order valence-corrected chi connectivity index (χ0v) is 15.3. The molecule has 2 aliphatic heterocycles. The Labute approximate surface area is 151 Å². The molecule has 1 aromatic carbocycles. The van der Waals surface area contributed by atoms with Crippen molar-refractivity contribution in [1.29, 1.82) is 0 Å². The third kappa shape index (κ3) is 4.20. The summed E-state index contributed by atoms with van der Waals surface area (Å²) >= 11 is 0. The Hall–Kier alpha value is -1.91. The van der Waals surface area contributed by atoms with Gasteiger partial charge in [0, 0.05) is 30.9 Å². The number of amidine groups is 1. The maximum atomic E-state index is 9.04. The van der Waals surface area contributed by atoms with Crippen LogP contribution in [0.5, 0.6) is 0 Å². The first-order valence-corrected chi connectivity index (χ1v) is 9.28. The average molecular weight is 339 g/mol. The first-order valence-electron chi connectivity index (χ1n) is 9.28. The monoisotopic (exact) mass is 339 g/mol. The van der Waals surface area contributed by atoms with E-state index in [0.717, 1.165) is 37.8 Å². The van der Waals surface area contributed by atoms with E-state index in [-0.39, 0.29) is 6.61 Å². The summed E-state index contributed by atoms with van der Waals surface area (Å²) < 4.78 is 0. The first-order chi connectivity index (χ1) is 12.2. The van der Waals surface area contributed by atoms with Gasteiger partial charge in [0.2, 0.25) is 0 Å². The number of β-amino-alcohol motifs (C(OH)–C–C–N with tert-alkyl or cyclic N) is 1. The number of aliphatic hydroxyl groups is 1. The van der Waals surface area contributed by atoms with E-state index in [1.165, 1.54) is 35.1 Å². The van der Waals surface area contributed by atoms with Crippen molar-refractivity contribution in [3.63, 3.8) is 0 Å². The minimum atomic E-state index is 0.273. The number of benzene rings is 1. The quantitative estimate of drug-likeness (QED) is 0.867. The molecule has 1 saturated heterocycles. The fourth-order valence-corrected chi connectivity index (χ4v) is 3.85. The SMILES string of the molecule is C/C=C1/C(c2ccc(CC3CCN(CCO)CC3)cc2)=CNC1=NC. The summed E-state index contributed by atoms with van der Waals surface area (Å²) in [7, 11) is 1.82. The lowest BCUT2D eigenvalue weighted by Crippen LogP contribution is -2.36. The van der Waals surface area contributed by atoms with Gasteiger partial charge in [0.1, 0.15) is 5.84 Å². The Morgan fingerprint density at radius 2 is 1.96 bits per heavy atom. The average Bonchev–Trinajstić information content (AvgIpc) is 3.07. The molecule has 4 nitrogen and oxygen atoms in total. The summed E-state index contributed by atoms with van der Waals surface area (Å²) in [6.07, 6.45) is 7.78. The van der Waals surface area contributed by atoms with Gasteiger partial charge in [-0.2, -0.15) is 0 Å². The Morgan fingerprint density at radius 1 is 1.24 bits per heavy atom. The lowest BCUT2D eigenvalue weighted by molar-refractivity contribution is 0.147. The van der Waals surface area contributed by atoms with E-state index in [1.807, 2.05) is 13.2 Å². The summed E-state index contributed by atoms with van der Waals surface area (Å²) in [4.78, 5) is 6.66. The van der Waals surface area contributed by atoms with Crippen molar-refractivity contribution < 1.29 is 5.11 Å². The number of aliphatic imine (C=N–C) groups is 1. The number of hydrogen-bond acceptors (Lipinski definition) is 3. The molecule has 0 radical (unpaired) electrons. The summed E-state index contributed by atoms with van der Waals surface area (Å²) in [5.74, 6) is 1.70. The van der Waals surface area contributed by atoms with Crippen molar-refractivity contribution in [3.8, 4) is 0 Å². The van der Waals surface area contributed by atoms with Gasteiger partial charge >= 0.3 is 0 Å². The van der Waals surface area contributed by atoms with Gasteiger partial charge in [-0.25, -0.2) is 0 Å². The lowest BCUT2D eigenvalue weighted by Gasteiger charge is -2.31. The number of hydrogen-bond donors (Lipinski definition) is 2. The smallest absolute Gasteiger partial charge is 0.132 e. The molecule has 0 aliphatic carbocycles.